The molecule has 0 aliphatic carbocycles. The maximum absolute atomic E-state index is 13.2. The number of amides is 1. The van der Waals surface area contributed by atoms with E-state index in [0.29, 0.717) is 11.1 Å². The molecule has 0 fully saturated rings. The van der Waals surface area contributed by atoms with E-state index >= 15 is 0 Å². The number of benzene rings is 1. The highest BCUT2D eigenvalue weighted by atomic mass is 35.5. The smallest absolute Gasteiger partial charge is 0.266 e. The predicted molar refractivity (Wildman–Crippen MR) is 60.2 cm³/mol. The normalized spacial score (nSPS) is 14.8. The van der Waals surface area contributed by atoms with Gasteiger partial charge in [-0.05, 0) is 18.6 Å². The van der Waals surface area contributed by atoms with Crippen molar-refractivity contribution in [2.24, 2.45) is 0 Å². The lowest BCUT2D eigenvalue weighted by atomic mass is 10.0. The molecule has 2 nitrogen and oxygen atoms in total. The highest BCUT2D eigenvalue weighted by Gasteiger charge is 2.36. The van der Waals surface area contributed by atoms with Crippen molar-refractivity contribution in [1.82, 2.24) is 5.12 Å². The highest BCUT2D eigenvalue weighted by molar-refractivity contribution is 7.80. The lowest BCUT2D eigenvalue weighted by Gasteiger charge is -2.04. The third-order valence-electron chi connectivity index (χ3n) is 2.26. The molecular formula is C9H4Cl2FNOS. The van der Waals surface area contributed by atoms with Gasteiger partial charge in [0.25, 0.3) is 5.91 Å². The van der Waals surface area contributed by atoms with Gasteiger partial charge < -0.3 is 0 Å². The van der Waals surface area contributed by atoms with Crippen LogP contribution in [0.1, 0.15) is 21.5 Å². The van der Waals surface area contributed by atoms with Gasteiger partial charge in [0.05, 0.1) is 15.6 Å². The molecule has 0 bridgehead atoms. The molecule has 0 aromatic heterocycles. The largest absolute Gasteiger partial charge is 0.288 e. The molecule has 0 radical (unpaired) electrons. The van der Waals surface area contributed by atoms with E-state index in [4.69, 9.17) is 35.4 Å². The number of carbonyl (C=O) groups excluding carboxylic acids is 1. The van der Waals surface area contributed by atoms with Crippen LogP contribution in [0.25, 0.3) is 0 Å². The van der Waals surface area contributed by atoms with Gasteiger partial charge in [0.15, 0.2) is 0 Å². The van der Waals surface area contributed by atoms with Crippen LogP contribution in [0, 0.1) is 6.92 Å². The molecule has 1 aromatic carbocycles. The fraction of sp³-hybridized carbons (Fsp3) is 0.111. The van der Waals surface area contributed by atoms with Crippen LogP contribution in [0.3, 0.4) is 0 Å². The summed E-state index contributed by atoms with van der Waals surface area (Å²) in [5.74, 6) is -0.786. The summed E-state index contributed by atoms with van der Waals surface area (Å²) in [7, 11) is 0. The molecule has 0 N–H and O–H groups in total. The third kappa shape index (κ3) is 1.36. The Hall–Kier alpha value is -0.710. The first kappa shape index (κ1) is 10.8. The number of fused-ring (bicyclic) bond motifs is 1. The van der Waals surface area contributed by atoms with Crippen molar-refractivity contribution in [2.45, 2.75) is 6.92 Å². The van der Waals surface area contributed by atoms with Gasteiger partial charge in [-0.2, -0.15) is 0 Å². The minimum Gasteiger partial charge on any atom is -0.266 e. The Labute approximate surface area is 101 Å². The number of halogens is 3. The van der Waals surface area contributed by atoms with Crippen LogP contribution in [-0.2, 0) is 0 Å². The van der Waals surface area contributed by atoms with E-state index in [-0.39, 0.29) is 25.7 Å². The lowest BCUT2D eigenvalue weighted by molar-refractivity contribution is 0.0572. The zero-order chi connectivity index (χ0) is 11.3. The summed E-state index contributed by atoms with van der Waals surface area (Å²) in [5, 5.41) is 0.444. The first-order valence-corrected chi connectivity index (χ1v) is 5.14. The Balaban J connectivity index is 2.81. The Morgan fingerprint density at radius 2 is 2.07 bits per heavy atom. The quantitative estimate of drug-likeness (QED) is 0.529. The molecule has 0 spiro atoms. The molecule has 0 saturated heterocycles. The van der Waals surface area contributed by atoms with Crippen LogP contribution < -0.4 is 0 Å². The van der Waals surface area contributed by atoms with Crippen LogP contribution >= 0.6 is 35.4 Å². The second-order valence-electron chi connectivity index (χ2n) is 3.11. The Morgan fingerprint density at radius 1 is 1.47 bits per heavy atom. The summed E-state index contributed by atoms with van der Waals surface area (Å²) in [6.45, 7) is 1.60. The molecule has 2 rings (SSSR count). The third-order valence-corrected chi connectivity index (χ3v) is 3.52. The molecule has 0 saturated carbocycles. The zero-order valence-corrected chi connectivity index (χ0v) is 9.80. The van der Waals surface area contributed by atoms with Gasteiger partial charge in [0, 0.05) is 5.56 Å². The maximum Gasteiger partial charge on any atom is 0.288 e. The molecule has 1 amide bonds. The maximum atomic E-state index is 13.2. The second kappa shape index (κ2) is 3.40. The number of rotatable bonds is 0. The van der Waals surface area contributed by atoms with E-state index in [9.17, 15) is 9.28 Å². The fourth-order valence-electron chi connectivity index (χ4n) is 1.49. The Bertz CT molecular complexity index is 503. The topological polar surface area (TPSA) is 20.3 Å². The van der Waals surface area contributed by atoms with Gasteiger partial charge >= 0.3 is 0 Å². The van der Waals surface area contributed by atoms with Crippen molar-refractivity contribution in [1.29, 1.82) is 0 Å². The number of carbonyl (C=O) groups is 1. The van der Waals surface area contributed by atoms with Crippen molar-refractivity contribution in [3.63, 3.8) is 0 Å². The lowest BCUT2D eigenvalue weighted by Crippen LogP contribution is -2.18. The summed E-state index contributed by atoms with van der Waals surface area (Å²) in [4.78, 5) is 11.3. The van der Waals surface area contributed by atoms with Gasteiger partial charge in [-0.1, -0.05) is 39.9 Å². The summed E-state index contributed by atoms with van der Waals surface area (Å²) < 4.78 is 13.2. The summed E-state index contributed by atoms with van der Waals surface area (Å²) in [5.41, 5.74) is 0.966. The van der Waals surface area contributed by atoms with Crippen LogP contribution in [0.5, 0.6) is 0 Å². The Morgan fingerprint density at radius 3 is 2.67 bits per heavy atom. The average Bonchev–Trinajstić information content (AvgIpc) is 2.40. The SMILES string of the molecule is Cc1c(Cl)c(Cl)cc2c1C(=O)N(F)C2=S. The number of hydrogen-bond acceptors (Lipinski definition) is 2. The van der Waals surface area contributed by atoms with E-state index in [2.05, 4.69) is 0 Å². The van der Waals surface area contributed by atoms with Crippen molar-refractivity contribution in [2.75, 3.05) is 0 Å². The van der Waals surface area contributed by atoms with E-state index in [0.717, 1.165) is 0 Å². The number of hydrogen-bond donors (Lipinski definition) is 0. The van der Waals surface area contributed by atoms with Crippen molar-refractivity contribution in [3.8, 4) is 0 Å². The average molecular weight is 264 g/mol. The molecule has 15 heavy (non-hydrogen) atoms. The van der Waals surface area contributed by atoms with Gasteiger partial charge in [-0.25, -0.2) is 0 Å². The first-order valence-electron chi connectivity index (χ1n) is 3.98. The minimum atomic E-state index is -0.786. The summed E-state index contributed by atoms with van der Waals surface area (Å²) >= 11 is 16.4. The Kier molecular flexibility index (Phi) is 2.45. The van der Waals surface area contributed by atoms with Gasteiger partial charge in [0.1, 0.15) is 4.99 Å². The molecule has 78 valence electrons. The monoisotopic (exact) mass is 263 g/mol. The molecule has 0 unspecified atom stereocenters. The fourth-order valence-corrected chi connectivity index (χ4v) is 2.14. The van der Waals surface area contributed by atoms with Crippen molar-refractivity contribution in [3.05, 3.63) is 32.8 Å². The van der Waals surface area contributed by atoms with E-state index < -0.39 is 5.91 Å². The molecule has 1 aliphatic heterocycles. The number of nitrogens with zero attached hydrogens (tertiary/aromatic N) is 1. The van der Waals surface area contributed by atoms with Crippen LogP contribution in [0.15, 0.2) is 6.07 Å². The van der Waals surface area contributed by atoms with E-state index in [1.807, 2.05) is 0 Å². The molecule has 1 aromatic rings. The second-order valence-corrected chi connectivity index (χ2v) is 4.28. The predicted octanol–water partition coefficient (Wildman–Crippen LogP) is 3.32. The minimum absolute atomic E-state index is 0.0698. The van der Waals surface area contributed by atoms with Gasteiger partial charge in [0.2, 0.25) is 0 Å². The van der Waals surface area contributed by atoms with Crippen LogP contribution in [0.2, 0.25) is 10.0 Å². The van der Waals surface area contributed by atoms with Crippen molar-refractivity contribution >= 4 is 46.3 Å². The van der Waals surface area contributed by atoms with Gasteiger partial charge in [-0.3, -0.25) is 4.79 Å². The first-order chi connectivity index (χ1) is 6.95. The molecule has 1 aliphatic rings. The highest BCUT2D eigenvalue weighted by Crippen LogP contribution is 2.35. The van der Waals surface area contributed by atoms with E-state index in [1.54, 1.807) is 6.92 Å². The van der Waals surface area contributed by atoms with Gasteiger partial charge in [-0.15, -0.1) is 5.12 Å². The van der Waals surface area contributed by atoms with Crippen molar-refractivity contribution < 1.29 is 9.28 Å². The molecule has 0 atom stereocenters. The number of thiocarbonyl (C=S) groups is 1. The summed E-state index contributed by atoms with van der Waals surface area (Å²) in [6.07, 6.45) is 0. The van der Waals surface area contributed by atoms with E-state index in [1.165, 1.54) is 6.07 Å². The molecular weight excluding hydrogens is 260 g/mol. The zero-order valence-electron chi connectivity index (χ0n) is 7.47. The summed E-state index contributed by atoms with van der Waals surface area (Å²) in [6, 6.07) is 1.41. The van der Waals surface area contributed by atoms with Crippen LogP contribution in [0.4, 0.5) is 4.48 Å². The standard InChI is InChI=1S/C9H4Cl2FNOS/c1-3-6-4(2-5(10)7(3)11)9(15)13(12)8(6)14/h2H,1H3. The molecule has 6 heteroatoms. The van der Waals surface area contributed by atoms with Crippen LogP contribution in [-0.4, -0.2) is 16.0 Å². The molecule has 1 heterocycles.